The summed E-state index contributed by atoms with van der Waals surface area (Å²) in [5.41, 5.74) is 3.48. The number of nitrogens with one attached hydrogen (secondary N) is 1. The third-order valence-electron chi connectivity index (χ3n) is 3.96. The molecule has 1 aliphatic rings. The number of rotatable bonds is 6. The fourth-order valence-corrected chi connectivity index (χ4v) is 4.68. The summed E-state index contributed by atoms with van der Waals surface area (Å²) in [6.45, 7) is 2.33. The molecule has 0 radical (unpaired) electrons. The van der Waals surface area contributed by atoms with Gasteiger partial charge >= 0.3 is 0 Å². The van der Waals surface area contributed by atoms with Gasteiger partial charge in [-0.05, 0) is 71.0 Å². The lowest BCUT2D eigenvalue weighted by atomic mass is 10.2. The van der Waals surface area contributed by atoms with Gasteiger partial charge in [0.05, 0.1) is 33.7 Å². The molecule has 10 heteroatoms. The van der Waals surface area contributed by atoms with Crippen molar-refractivity contribution >= 4 is 73.7 Å². The van der Waals surface area contributed by atoms with Crippen LogP contribution in [0.2, 0.25) is 5.02 Å². The first-order chi connectivity index (χ1) is 14.3. The number of thiocarbonyl (C=S) groups is 1. The van der Waals surface area contributed by atoms with Crippen LogP contribution in [0.5, 0.6) is 11.5 Å². The summed E-state index contributed by atoms with van der Waals surface area (Å²) in [6, 6.07) is 10.1. The van der Waals surface area contributed by atoms with E-state index in [1.165, 1.54) is 0 Å². The van der Waals surface area contributed by atoms with Crippen LogP contribution in [0.25, 0.3) is 6.08 Å². The molecule has 6 nitrogen and oxygen atoms in total. The van der Waals surface area contributed by atoms with E-state index in [9.17, 15) is 9.59 Å². The molecule has 1 heterocycles. The van der Waals surface area contributed by atoms with Gasteiger partial charge in [0.25, 0.3) is 11.8 Å². The number of thioether (sulfide) groups is 1. The lowest BCUT2D eigenvalue weighted by Gasteiger charge is -2.16. The number of nitrogens with zero attached hydrogens (tertiary/aromatic N) is 1. The maximum atomic E-state index is 12.8. The second kappa shape index (κ2) is 9.82. The molecular weight excluding hydrogens is 512 g/mol. The Balaban J connectivity index is 1.85. The van der Waals surface area contributed by atoms with Gasteiger partial charge in [-0.1, -0.05) is 35.5 Å². The molecule has 2 amide bonds. The summed E-state index contributed by atoms with van der Waals surface area (Å²) in [7, 11) is 1.55. The monoisotopic (exact) mass is 526 g/mol. The van der Waals surface area contributed by atoms with Crippen molar-refractivity contribution in [3.05, 3.63) is 61.9 Å². The lowest BCUT2D eigenvalue weighted by molar-refractivity contribution is -0.123. The molecule has 0 spiro atoms. The molecular formula is C20H16BrClN2O4S2. The number of benzene rings is 2. The first-order valence-electron chi connectivity index (χ1n) is 8.69. The van der Waals surface area contributed by atoms with Gasteiger partial charge in [-0.3, -0.25) is 15.0 Å². The summed E-state index contributed by atoms with van der Waals surface area (Å²) < 4.78 is 11.9. The zero-order valence-electron chi connectivity index (χ0n) is 15.9. The van der Waals surface area contributed by atoms with Crippen molar-refractivity contribution in [3.63, 3.8) is 0 Å². The van der Waals surface area contributed by atoms with E-state index in [2.05, 4.69) is 21.4 Å². The lowest BCUT2D eigenvalue weighted by Crippen LogP contribution is -2.44. The highest BCUT2D eigenvalue weighted by molar-refractivity contribution is 9.10. The predicted molar refractivity (Wildman–Crippen MR) is 126 cm³/mol. The number of halogens is 2. The van der Waals surface area contributed by atoms with Crippen LogP contribution in [0, 0.1) is 0 Å². The van der Waals surface area contributed by atoms with E-state index in [4.69, 9.17) is 33.3 Å². The minimum absolute atomic E-state index is 0.212. The Kier molecular flexibility index (Phi) is 7.41. The van der Waals surface area contributed by atoms with Crippen LogP contribution in [0.1, 0.15) is 22.8 Å². The standard InChI is InChI=1S/C20H16BrClN2O4S2/c1-3-28-15-9-11(8-13(21)17(15)27-2)10-16-19(26)24(20(29)30-16)23-18(25)12-6-4-5-7-14(12)22/h4-10H,3H2,1-2H3,(H,23,25)/b16-10-. The molecule has 1 aliphatic heterocycles. The Labute approximate surface area is 196 Å². The van der Waals surface area contributed by atoms with E-state index < -0.39 is 11.8 Å². The number of amides is 2. The molecule has 0 bridgehead atoms. The van der Waals surface area contributed by atoms with Crippen LogP contribution in [-0.2, 0) is 4.79 Å². The van der Waals surface area contributed by atoms with E-state index in [1.54, 1.807) is 49.6 Å². The predicted octanol–water partition coefficient (Wildman–Crippen LogP) is 5.06. The summed E-state index contributed by atoms with van der Waals surface area (Å²) in [5.74, 6) is 0.149. The van der Waals surface area contributed by atoms with Gasteiger partial charge in [-0.25, -0.2) is 0 Å². The molecule has 30 heavy (non-hydrogen) atoms. The van der Waals surface area contributed by atoms with Gasteiger partial charge < -0.3 is 9.47 Å². The Morgan fingerprint density at radius 2 is 2.10 bits per heavy atom. The van der Waals surface area contributed by atoms with Crippen LogP contribution in [0.15, 0.2) is 45.8 Å². The van der Waals surface area contributed by atoms with Crippen LogP contribution < -0.4 is 14.9 Å². The van der Waals surface area contributed by atoms with E-state index in [-0.39, 0.29) is 14.9 Å². The normalized spacial score (nSPS) is 14.9. The van der Waals surface area contributed by atoms with Crippen molar-refractivity contribution in [1.29, 1.82) is 0 Å². The maximum Gasteiger partial charge on any atom is 0.285 e. The van der Waals surface area contributed by atoms with Crippen LogP contribution in [0.3, 0.4) is 0 Å². The summed E-state index contributed by atoms with van der Waals surface area (Å²) in [4.78, 5) is 25.7. The maximum absolute atomic E-state index is 12.8. The molecule has 0 aromatic heterocycles. The first-order valence-corrected chi connectivity index (χ1v) is 11.1. The highest BCUT2D eigenvalue weighted by atomic mass is 79.9. The molecule has 1 saturated heterocycles. The van der Waals surface area contributed by atoms with Crippen molar-refractivity contribution in [3.8, 4) is 11.5 Å². The van der Waals surface area contributed by atoms with Crippen LogP contribution in [-0.4, -0.2) is 34.9 Å². The van der Waals surface area contributed by atoms with Gasteiger partial charge in [0, 0.05) is 0 Å². The second-order valence-corrected chi connectivity index (χ2v) is 8.84. The van der Waals surface area contributed by atoms with E-state index in [1.807, 2.05) is 6.92 Å². The second-order valence-electron chi connectivity index (χ2n) is 5.91. The highest BCUT2D eigenvalue weighted by Gasteiger charge is 2.34. The van der Waals surface area contributed by atoms with Gasteiger partial charge in [-0.15, -0.1) is 0 Å². The van der Waals surface area contributed by atoms with Gasteiger partial charge in [-0.2, -0.15) is 5.01 Å². The Morgan fingerprint density at radius 3 is 2.77 bits per heavy atom. The SMILES string of the molecule is CCOc1cc(/C=C2\SC(=S)N(NC(=O)c3ccccc3Cl)C2=O)cc(Br)c1OC. The Morgan fingerprint density at radius 1 is 1.37 bits per heavy atom. The molecule has 0 saturated carbocycles. The van der Waals surface area contributed by atoms with Gasteiger partial charge in [0.2, 0.25) is 0 Å². The molecule has 1 fully saturated rings. The van der Waals surface area contributed by atoms with E-state index in [0.717, 1.165) is 16.8 Å². The number of methoxy groups -OCH3 is 1. The first kappa shape index (κ1) is 22.6. The molecule has 1 N–H and O–H groups in total. The molecule has 0 unspecified atom stereocenters. The quantitative estimate of drug-likeness (QED) is 0.419. The van der Waals surface area contributed by atoms with Crippen molar-refractivity contribution in [2.45, 2.75) is 6.92 Å². The number of hydrogen-bond acceptors (Lipinski definition) is 6. The summed E-state index contributed by atoms with van der Waals surface area (Å²) >= 11 is 15.9. The number of carbonyl (C=O) groups is 2. The summed E-state index contributed by atoms with van der Waals surface area (Å²) in [6.07, 6.45) is 1.67. The van der Waals surface area contributed by atoms with Gasteiger partial charge in [0.1, 0.15) is 0 Å². The molecule has 2 aromatic rings. The number of carbonyl (C=O) groups excluding carboxylic acids is 2. The molecule has 156 valence electrons. The van der Waals surface area contributed by atoms with Crippen molar-refractivity contribution in [1.82, 2.24) is 10.4 Å². The van der Waals surface area contributed by atoms with Crippen LogP contribution in [0.4, 0.5) is 0 Å². The smallest absolute Gasteiger partial charge is 0.285 e. The topological polar surface area (TPSA) is 67.9 Å². The molecule has 0 aliphatic carbocycles. The molecule has 3 rings (SSSR count). The largest absolute Gasteiger partial charge is 0.492 e. The molecule has 0 atom stereocenters. The molecule has 2 aromatic carbocycles. The fraction of sp³-hybridized carbons (Fsp3) is 0.150. The van der Waals surface area contributed by atoms with Crippen LogP contribution >= 0.6 is 51.5 Å². The fourth-order valence-electron chi connectivity index (χ4n) is 2.65. The van der Waals surface area contributed by atoms with Crippen molar-refractivity contribution in [2.75, 3.05) is 13.7 Å². The third-order valence-corrected chi connectivity index (χ3v) is 6.18. The Bertz CT molecular complexity index is 1060. The average Bonchev–Trinajstić information content (AvgIpc) is 2.96. The van der Waals surface area contributed by atoms with E-state index in [0.29, 0.717) is 33.0 Å². The number of hydrazine groups is 1. The van der Waals surface area contributed by atoms with Crippen molar-refractivity contribution in [2.24, 2.45) is 0 Å². The summed E-state index contributed by atoms with van der Waals surface area (Å²) in [5, 5.41) is 1.32. The highest BCUT2D eigenvalue weighted by Crippen LogP contribution is 2.39. The minimum Gasteiger partial charge on any atom is -0.492 e. The van der Waals surface area contributed by atoms with Crippen molar-refractivity contribution < 1.29 is 19.1 Å². The zero-order chi connectivity index (χ0) is 21.8. The van der Waals surface area contributed by atoms with E-state index >= 15 is 0 Å². The number of hydrogen-bond donors (Lipinski definition) is 1. The van der Waals surface area contributed by atoms with Gasteiger partial charge in [0.15, 0.2) is 15.8 Å². The number of ether oxygens (including phenoxy) is 2. The average molecular weight is 528 g/mol. The minimum atomic E-state index is -0.524. The Hall–Kier alpha value is -2.07. The third kappa shape index (κ3) is 4.80. The zero-order valence-corrected chi connectivity index (χ0v) is 19.9.